The summed E-state index contributed by atoms with van der Waals surface area (Å²) in [5.41, 5.74) is 1.89. The number of benzene rings is 2. The first kappa shape index (κ1) is 44.6. The largest absolute Gasteiger partial charge is 0.497 e. The highest BCUT2D eigenvalue weighted by molar-refractivity contribution is 5.70. The number of hydrogen-bond acceptors (Lipinski definition) is 8. The van der Waals surface area contributed by atoms with E-state index in [2.05, 4.69) is 12.2 Å². The number of unbranched alkanes of at least 4 members (excludes halogenated alkanes) is 16. The van der Waals surface area contributed by atoms with E-state index in [1.54, 1.807) is 7.11 Å². The summed E-state index contributed by atoms with van der Waals surface area (Å²) in [6, 6.07) is 17.1. The predicted molar refractivity (Wildman–Crippen MR) is 206 cm³/mol. The number of carbonyl (C=O) groups is 3. The molecule has 9 heteroatoms. The number of carbonyl (C=O) groups excluding carboxylic acids is 3. The Labute approximate surface area is 313 Å². The molecule has 0 saturated heterocycles. The summed E-state index contributed by atoms with van der Waals surface area (Å²) in [6.07, 6.45) is 20.5. The summed E-state index contributed by atoms with van der Waals surface area (Å²) >= 11 is 0. The Bertz CT molecular complexity index is 1170. The maximum Gasteiger partial charge on any atom is 0.407 e. The zero-order chi connectivity index (χ0) is 37.3. The standard InChI is InChI=1S/C43H67NO8/c1-3-4-5-6-7-8-9-10-11-12-13-14-15-16-21-27-42(46)52-40(35-49-33-38-28-30-39(48-2)31-29-38)36-50-41(45)26-22-18-23-32-44-43(47)51-34-37-24-19-17-20-25-37/h17,19-20,24-25,28-31,40H,3-16,18,21-23,26-27,32-36H2,1-2H3,(H,44,47)/t40-/m1/s1. The lowest BCUT2D eigenvalue weighted by atomic mass is 10.0. The first-order valence-electron chi connectivity index (χ1n) is 20.0. The van der Waals surface area contributed by atoms with Crippen LogP contribution < -0.4 is 10.1 Å². The number of alkyl carbamates (subject to hydrolysis) is 1. The summed E-state index contributed by atoms with van der Waals surface area (Å²) in [4.78, 5) is 37.1. The molecule has 0 spiro atoms. The average molecular weight is 726 g/mol. The zero-order valence-corrected chi connectivity index (χ0v) is 32.2. The van der Waals surface area contributed by atoms with Gasteiger partial charge in [-0.3, -0.25) is 9.59 Å². The van der Waals surface area contributed by atoms with E-state index < -0.39 is 12.2 Å². The van der Waals surface area contributed by atoms with Crippen LogP contribution >= 0.6 is 0 Å². The van der Waals surface area contributed by atoms with Crippen LogP contribution in [0.3, 0.4) is 0 Å². The molecule has 2 aromatic rings. The third-order valence-electron chi connectivity index (χ3n) is 8.98. The van der Waals surface area contributed by atoms with Crippen LogP contribution in [0.5, 0.6) is 5.75 Å². The lowest BCUT2D eigenvalue weighted by Gasteiger charge is -2.18. The van der Waals surface area contributed by atoms with Gasteiger partial charge >= 0.3 is 18.0 Å². The average Bonchev–Trinajstić information content (AvgIpc) is 3.16. The zero-order valence-electron chi connectivity index (χ0n) is 32.2. The fraction of sp³-hybridized carbons (Fsp3) is 0.651. The molecule has 0 heterocycles. The van der Waals surface area contributed by atoms with Gasteiger partial charge in [-0.25, -0.2) is 4.79 Å². The fourth-order valence-corrected chi connectivity index (χ4v) is 5.83. The van der Waals surface area contributed by atoms with Gasteiger partial charge in [-0.05, 0) is 42.5 Å². The summed E-state index contributed by atoms with van der Waals surface area (Å²) in [7, 11) is 1.62. The van der Waals surface area contributed by atoms with E-state index in [1.807, 2.05) is 54.6 Å². The van der Waals surface area contributed by atoms with E-state index in [0.717, 1.165) is 42.6 Å². The quantitative estimate of drug-likeness (QED) is 0.0451. The molecule has 0 bridgehead atoms. The van der Waals surface area contributed by atoms with Gasteiger partial charge in [-0.2, -0.15) is 0 Å². The normalized spacial score (nSPS) is 11.5. The second kappa shape index (κ2) is 31.0. The van der Waals surface area contributed by atoms with E-state index >= 15 is 0 Å². The number of amides is 1. The smallest absolute Gasteiger partial charge is 0.407 e. The number of hydrogen-bond donors (Lipinski definition) is 1. The highest BCUT2D eigenvalue weighted by atomic mass is 16.6. The van der Waals surface area contributed by atoms with Gasteiger partial charge in [0, 0.05) is 19.4 Å². The monoisotopic (exact) mass is 725 g/mol. The fourth-order valence-electron chi connectivity index (χ4n) is 5.83. The maximum atomic E-state index is 12.7. The van der Waals surface area contributed by atoms with E-state index in [4.69, 9.17) is 23.7 Å². The van der Waals surface area contributed by atoms with Crippen molar-refractivity contribution in [2.45, 2.75) is 155 Å². The molecule has 0 aliphatic heterocycles. The second-order valence-corrected chi connectivity index (χ2v) is 13.7. The first-order chi connectivity index (χ1) is 25.5. The minimum absolute atomic E-state index is 0.0547. The highest BCUT2D eigenvalue weighted by Crippen LogP contribution is 2.15. The molecule has 0 aliphatic rings. The molecular weight excluding hydrogens is 658 g/mol. The topological polar surface area (TPSA) is 109 Å². The van der Waals surface area contributed by atoms with Gasteiger partial charge in [0.05, 0.1) is 20.3 Å². The number of methoxy groups -OCH3 is 1. The molecule has 292 valence electrons. The first-order valence-corrected chi connectivity index (χ1v) is 20.0. The van der Waals surface area contributed by atoms with Crippen molar-refractivity contribution >= 4 is 18.0 Å². The highest BCUT2D eigenvalue weighted by Gasteiger charge is 2.18. The predicted octanol–water partition coefficient (Wildman–Crippen LogP) is 10.4. The van der Waals surface area contributed by atoms with Crippen molar-refractivity contribution in [2.75, 3.05) is 26.9 Å². The van der Waals surface area contributed by atoms with E-state index in [1.165, 1.54) is 77.0 Å². The second-order valence-electron chi connectivity index (χ2n) is 13.7. The third kappa shape index (κ3) is 24.6. The van der Waals surface area contributed by atoms with E-state index in [9.17, 15) is 14.4 Å². The molecule has 52 heavy (non-hydrogen) atoms. The van der Waals surface area contributed by atoms with Crippen molar-refractivity contribution in [1.82, 2.24) is 5.32 Å². The Hall–Kier alpha value is -3.59. The van der Waals surface area contributed by atoms with Crippen molar-refractivity contribution in [1.29, 1.82) is 0 Å². The number of nitrogens with one attached hydrogen (secondary N) is 1. The summed E-state index contributed by atoms with van der Waals surface area (Å²) in [5.74, 6) is 0.117. The van der Waals surface area contributed by atoms with Gasteiger partial charge in [0.2, 0.25) is 0 Å². The molecule has 0 aromatic heterocycles. The third-order valence-corrected chi connectivity index (χ3v) is 8.98. The summed E-state index contributed by atoms with van der Waals surface area (Å²) < 4.78 is 27.5. The Morgan fingerprint density at radius 2 is 1.12 bits per heavy atom. The number of rotatable bonds is 32. The van der Waals surface area contributed by atoms with Crippen molar-refractivity contribution in [3.05, 3.63) is 65.7 Å². The molecule has 1 atom stereocenters. The van der Waals surface area contributed by atoms with Crippen molar-refractivity contribution in [3.63, 3.8) is 0 Å². The van der Waals surface area contributed by atoms with Gasteiger partial charge in [-0.1, -0.05) is 146 Å². The van der Waals surface area contributed by atoms with Gasteiger partial charge in [0.25, 0.3) is 0 Å². The summed E-state index contributed by atoms with van der Waals surface area (Å²) in [6.45, 7) is 3.35. The lowest BCUT2D eigenvalue weighted by molar-refractivity contribution is -0.163. The minimum Gasteiger partial charge on any atom is -0.497 e. The van der Waals surface area contributed by atoms with Gasteiger partial charge in [0.15, 0.2) is 6.10 Å². The Morgan fingerprint density at radius 3 is 1.71 bits per heavy atom. The molecular formula is C43H67NO8. The molecule has 0 saturated carbocycles. The van der Waals surface area contributed by atoms with Crippen LogP contribution in [-0.2, 0) is 41.8 Å². The molecule has 0 unspecified atom stereocenters. The van der Waals surface area contributed by atoms with E-state index in [-0.39, 0.29) is 38.2 Å². The molecule has 2 rings (SSSR count). The van der Waals surface area contributed by atoms with Crippen molar-refractivity contribution in [2.24, 2.45) is 0 Å². The Kier molecular flexibility index (Phi) is 26.6. The Balaban J connectivity index is 1.59. The maximum absolute atomic E-state index is 12.7. The molecule has 0 fully saturated rings. The molecule has 1 amide bonds. The minimum atomic E-state index is -0.683. The SMILES string of the molecule is CCCCCCCCCCCCCCCCCC(=O)O[C@H](COCc1ccc(OC)cc1)COC(=O)CCCCCNC(=O)OCc1ccccc1. The molecule has 0 radical (unpaired) electrons. The van der Waals surface area contributed by atoms with Crippen LogP contribution in [0.15, 0.2) is 54.6 Å². The van der Waals surface area contributed by atoms with Crippen molar-refractivity contribution < 1.29 is 38.1 Å². The van der Waals surface area contributed by atoms with Crippen LogP contribution in [0.1, 0.15) is 146 Å². The number of ether oxygens (including phenoxy) is 5. The molecule has 0 aliphatic carbocycles. The van der Waals surface area contributed by atoms with Gasteiger partial charge in [-0.15, -0.1) is 0 Å². The van der Waals surface area contributed by atoms with E-state index in [0.29, 0.717) is 32.4 Å². The van der Waals surface area contributed by atoms with Crippen LogP contribution in [0.2, 0.25) is 0 Å². The molecule has 9 nitrogen and oxygen atoms in total. The van der Waals surface area contributed by atoms with Crippen LogP contribution in [-0.4, -0.2) is 51.0 Å². The number of esters is 2. The Morgan fingerprint density at radius 1 is 0.577 bits per heavy atom. The summed E-state index contributed by atoms with van der Waals surface area (Å²) in [5, 5.41) is 2.73. The van der Waals surface area contributed by atoms with Gasteiger partial charge in [0.1, 0.15) is 19.0 Å². The van der Waals surface area contributed by atoms with Crippen LogP contribution in [0.4, 0.5) is 4.79 Å². The lowest BCUT2D eigenvalue weighted by Crippen LogP contribution is -2.29. The van der Waals surface area contributed by atoms with Crippen LogP contribution in [0.25, 0.3) is 0 Å². The molecule has 2 aromatic carbocycles. The molecule has 1 N–H and O–H groups in total. The van der Waals surface area contributed by atoms with Gasteiger partial charge < -0.3 is 29.0 Å². The van der Waals surface area contributed by atoms with Crippen LogP contribution in [0, 0.1) is 0 Å². The van der Waals surface area contributed by atoms with Crippen molar-refractivity contribution in [3.8, 4) is 5.75 Å².